The number of nitrogens with zero attached hydrogens (tertiary/aromatic N) is 1. The van der Waals surface area contributed by atoms with E-state index in [2.05, 4.69) is 10.3 Å². The Kier molecular flexibility index (Phi) is 8.97. The number of carboxylic acids is 1. The van der Waals surface area contributed by atoms with E-state index in [1.54, 1.807) is 18.2 Å². The summed E-state index contributed by atoms with van der Waals surface area (Å²) < 4.78 is 18.9. The lowest BCUT2D eigenvalue weighted by Crippen LogP contribution is -2.60. The number of hydrogen-bond donors (Lipinski definition) is 4. The van der Waals surface area contributed by atoms with Gasteiger partial charge in [-0.3, -0.25) is 4.79 Å². The first-order valence-electron chi connectivity index (χ1n) is 11.7. The maximum absolute atomic E-state index is 10.3. The van der Waals surface area contributed by atoms with Crippen LogP contribution in [-0.2, 0) is 22.7 Å². The fraction of sp³-hybridized carbons (Fsp3) is 0.185. The van der Waals surface area contributed by atoms with Gasteiger partial charge in [-0.05, 0) is 48.0 Å². The quantitative estimate of drug-likeness (QED) is 0.217. The number of carbonyl (C=O) groups excluding carboxylic acids is 1. The van der Waals surface area contributed by atoms with Crippen LogP contribution in [0.25, 0.3) is 10.9 Å². The highest BCUT2D eigenvalue weighted by molar-refractivity contribution is 6.36. The van der Waals surface area contributed by atoms with Crippen molar-refractivity contribution in [3.05, 3.63) is 87.0 Å². The Morgan fingerprint density at radius 1 is 1.00 bits per heavy atom. The Hall–Kier alpha value is -3.67. The molecule has 40 heavy (non-hydrogen) atoms. The monoisotopic (exact) mass is 607 g/mol. The summed E-state index contributed by atoms with van der Waals surface area (Å²) in [6.45, 7) is 0.146. The second-order valence-corrected chi connectivity index (χ2v) is 9.97. The van der Waals surface area contributed by atoms with Crippen LogP contribution in [0.1, 0.15) is 11.1 Å². The van der Waals surface area contributed by atoms with Crippen LogP contribution in [-0.4, -0.2) is 45.6 Å². The minimum absolute atomic E-state index is 0.226. The lowest BCUT2D eigenvalue weighted by molar-refractivity contribution is -0.149. The van der Waals surface area contributed by atoms with Crippen LogP contribution in [0.4, 0.5) is 0 Å². The summed E-state index contributed by atoms with van der Waals surface area (Å²) in [5, 5.41) is 19.4. The van der Waals surface area contributed by atoms with E-state index in [4.69, 9.17) is 65.0 Å². The first-order valence-corrected chi connectivity index (χ1v) is 12.8. The van der Waals surface area contributed by atoms with Gasteiger partial charge >= 0.3 is 5.97 Å². The van der Waals surface area contributed by atoms with E-state index in [1.807, 2.05) is 42.6 Å². The molecule has 0 unspecified atom stereocenters. The van der Waals surface area contributed by atoms with Crippen molar-refractivity contribution in [1.82, 2.24) is 4.57 Å². The van der Waals surface area contributed by atoms with E-state index in [9.17, 15) is 9.59 Å². The molecule has 0 bridgehead atoms. The van der Waals surface area contributed by atoms with Crippen LogP contribution in [0.5, 0.6) is 17.2 Å². The van der Waals surface area contributed by atoms with E-state index in [-0.39, 0.29) is 6.79 Å². The number of fused-ring (bicyclic) bond motifs is 2. The van der Waals surface area contributed by atoms with Gasteiger partial charge in [-0.2, -0.15) is 0 Å². The zero-order chi connectivity index (χ0) is 29.0. The Balaban J connectivity index is 0.000000318. The zero-order valence-corrected chi connectivity index (χ0v) is 23.0. The molecule has 0 saturated carbocycles. The molecule has 1 amide bonds. The van der Waals surface area contributed by atoms with Gasteiger partial charge in [0.05, 0.1) is 6.61 Å². The van der Waals surface area contributed by atoms with E-state index < -0.39 is 24.0 Å². The van der Waals surface area contributed by atoms with Crippen LogP contribution < -0.4 is 25.7 Å². The molecular weight excluding hydrogens is 585 g/mol. The fourth-order valence-corrected chi connectivity index (χ4v) is 4.47. The summed E-state index contributed by atoms with van der Waals surface area (Å²) in [5.41, 5.74) is 9.90. The summed E-state index contributed by atoms with van der Waals surface area (Å²) in [5.74, 6) is -0.747. The van der Waals surface area contributed by atoms with Crippen LogP contribution in [0.3, 0.4) is 0 Å². The maximum atomic E-state index is 10.3. The second kappa shape index (κ2) is 12.2. The highest BCUT2D eigenvalue weighted by Gasteiger charge is 2.39. The van der Waals surface area contributed by atoms with Crippen LogP contribution in [0.2, 0.25) is 15.1 Å². The molecule has 2 heterocycles. The molecule has 210 valence electrons. The van der Waals surface area contributed by atoms with Crippen LogP contribution in [0, 0.1) is 0 Å². The molecule has 0 radical (unpaired) electrons. The zero-order valence-electron chi connectivity index (χ0n) is 20.8. The van der Waals surface area contributed by atoms with Gasteiger partial charge in [0, 0.05) is 50.3 Å². The van der Waals surface area contributed by atoms with Gasteiger partial charge in [0.25, 0.3) is 5.91 Å². The van der Waals surface area contributed by atoms with Gasteiger partial charge in [0.1, 0.15) is 12.4 Å². The van der Waals surface area contributed by atoms with Gasteiger partial charge in [-0.15, -0.1) is 0 Å². The lowest BCUT2D eigenvalue weighted by Gasteiger charge is -2.16. The predicted octanol–water partition coefficient (Wildman–Crippen LogP) is 4.20. The Bertz CT molecular complexity index is 1540. The number of ether oxygens (including phenoxy) is 3. The van der Waals surface area contributed by atoms with Gasteiger partial charge < -0.3 is 40.5 Å². The molecule has 4 aromatic rings. The van der Waals surface area contributed by atoms with Crippen molar-refractivity contribution in [2.24, 2.45) is 11.5 Å². The minimum Gasteiger partial charge on any atom is -0.489 e. The van der Waals surface area contributed by atoms with E-state index in [0.29, 0.717) is 34.0 Å². The Morgan fingerprint density at radius 2 is 1.68 bits per heavy atom. The van der Waals surface area contributed by atoms with Gasteiger partial charge in [-0.25, -0.2) is 4.79 Å². The molecule has 1 aliphatic heterocycles. The molecule has 0 aliphatic carbocycles. The average molecular weight is 609 g/mol. The molecule has 6 N–H and O–H groups in total. The van der Waals surface area contributed by atoms with E-state index in [1.165, 1.54) is 0 Å². The fourth-order valence-electron chi connectivity index (χ4n) is 3.75. The summed E-state index contributed by atoms with van der Waals surface area (Å²) in [4.78, 5) is 20.4. The van der Waals surface area contributed by atoms with Crippen molar-refractivity contribution in [2.45, 2.75) is 18.7 Å². The number of primary amides is 1. The number of nitrogens with two attached hydrogens (primary N) is 2. The summed E-state index contributed by atoms with van der Waals surface area (Å²) in [6.07, 6.45) is 2.03. The van der Waals surface area contributed by atoms with Crippen molar-refractivity contribution in [1.29, 1.82) is 0 Å². The first kappa shape index (κ1) is 29.3. The number of halogens is 3. The number of aromatic nitrogens is 1. The normalized spacial score (nSPS) is 13.3. The van der Waals surface area contributed by atoms with Crippen LogP contribution >= 0.6 is 34.8 Å². The molecule has 1 atom stereocenters. The van der Waals surface area contributed by atoms with E-state index >= 15 is 0 Å². The first-order chi connectivity index (χ1) is 19.0. The van der Waals surface area contributed by atoms with Gasteiger partial charge in [0.15, 0.2) is 11.5 Å². The number of hydrogen-bond acceptors (Lipinski definition) is 7. The Morgan fingerprint density at radius 3 is 2.27 bits per heavy atom. The van der Waals surface area contributed by atoms with Crippen molar-refractivity contribution in [2.75, 3.05) is 13.4 Å². The molecule has 5 rings (SSSR count). The summed E-state index contributed by atoms with van der Waals surface area (Å²) >= 11 is 18.9. The maximum Gasteiger partial charge on any atom is 0.335 e. The third-order valence-corrected chi connectivity index (χ3v) is 7.20. The van der Waals surface area contributed by atoms with Gasteiger partial charge in [0.2, 0.25) is 12.3 Å². The van der Waals surface area contributed by atoms with Crippen molar-refractivity contribution >= 4 is 57.6 Å². The molecule has 0 saturated heterocycles. The van der Waals surface area contributed by atoms with Crippen molar-refractivity contribution in [3.8, 4) is 17.2 Å². The number of amides is 1. The molecule has 1 aliphatic rings. The number of aliphatic hydroxyl groups is 1. The number of benzene rings is 3. The molecule has 0 fully saturated rings. The second-order valence-electron chi connectivity index (χ2n) is 8.75. The highest BCUT2D eigenvalue weighted by Crippen LogP contribution is 2.37. The summed E-state index contributed by atoms with van der Waals surface area (Å²) in [7, 11) is 0. The highest BCUT2D eigenvalue weighted by atomic mass is 35.5. The molecule has 13 heteroatoms. The number of carbonyl (C=O) groups is 2. The third-order valence-electron chi connectivity index (χ3n) is 6.14. The smallest absolute Gasteiger partial charge is 0.335 e. The number of carboxylic acid groups (broad SMARTS) is 1. The van der Waals surface area contributed by atoms with Crippen molar-refractivity contribution < 1.29 is 34.0 Å². The standard InChI is InChI=1S/C23H16Cl3NO3.C4H8N2O4/c24-18-2-1-3-19(25)17(18)12-28-16-4-5-21-14(8-16)6-7-27(21)11-15-9-22-23(10-20(15)26)30-13-29-22;5-2(8)4(6,1-7)3(9)10/h1-10H,11-13H2;7H,1,6H2,(H2,5,8)(H,9,10)/t;4-/m.0/s1. The summed E-state index contributed by atoms with van der Waals surface area (Å²) in [6, 6.07) is 17.2. The molecule has 3 aromatic carbocycles. The van der Waals surface area contributed by atoms with Gasteiger partial charge in [-0.1, -0.05) is 40.9 Å². The predicted molar refractivity (Wildman–Crippen MR) is 150 cm³/mol. The third kappa shape index (κ3) is 6.22. The average Bonchev–Trinajstić information content (AvgIpc) is 3.54. The molecule has 1 aromatic heterocycles. The van der Waals surface area contributed by atoms with Crippen LogP contribution in [0.15, 0.2) is 60.8 Å². The number of aliphatic hydroxyl groups excluding tert-OH is 1. The lowest BCUT2D eigenvalue weighted by atomic mass is 10.0. The number of rotatable bonds is 8. The number of aliphatic carboxylic acids is 1. The van der Waals surface area contributed by atoms with Crippen molar-refractivity contribution in [3.63, 3.8) is 0 Å². The largest absolute Gasteiger partial charge is 0.489 e. The molecule has 10 nitrogen and oxygen atoms in total. The Labute approximate surface area is 243 Å². The minimum atomic E-state index is -2.35. The van der Waals surface area contributed by atoms with E-state index in [0.717, 1.165) is 33.5 Å². The SMILES string of the molecule is Clc1cc2c(cc1Cn1ccc3cc(OCc4c(Cl)cccc4Cl)ccc31)OCO2.NC(=O)[C@@](N)(CO)C(=O)O. The topological polar surface area (TPSA) is 159 Å². The molecule has 0 spiro atoms. The molecular formula is C27H24Cl3N3O7.